The average Bonchev–Trinajstić information content (AvgIpc) is 3.35. The Balaban J connectivity index is 1.47. The molecule has 0 spiro atoms. The van der Waals surface area contributed by atoms with Crippen molar-refractivity contribution < 1.29 is 4.79 Å². The summed E-state index contributed by atoms with van der Waals surface area (Å²) in [5.41, 5.74) is 3.79. The number of aromatic nitrogens is 2. The molecule has 5 aromatic rings. The fourth-order valence-electron chi connectivity index (χ4n) is 5.11. The number of rotatable bonds is 3. The van der Waals surface area contributed by atoms with Crippen molar-refractivity contribution in [2.75, 3.05) is 6.54 Å². The van der Waals surface area contributed by atoms with Crippen LogP contribution in [0.5, 0.6) is 0 Å². The van der Waals surface area contributed by atoms with Crippen LogP contribution in [0.15, 0.2) is 102 Å². The summed E-state index contributed by atoms with van der Waals surface area (Å²) in [7, 11) is 0. The molecule has 0 N–H and O–H groups in total. The van der Waals surface area contributed by atoms with Gasteiger partial charge in [-0.05, 0) is 42.0 Å². The SMILES string of the molecule is O=C(Cn1c2ccccc2c(=O)c2ccccc21)N1CCn2cccc2C1c1ccccc1. The van der Waals surface area contributed by atoms with Gasteiger partial charge in [0, 0.05) is 35.8 Å². The van der Waals surface area contributed by atoms with Gasteiger partial charge in [-0.15, -0.1) is 0 Å². The van der Waals surface area contributed by atoms with Gasteiger partial charge in [0.2, 0.25) is 5.91 Å². The zero-order valence-corrected chi connectivity index (χ0v) is 18.1. The number of hydrogen-bond acceptors (Lipinski definition) is 2. The zero-order valence-electron chi connectivity index (χ0n) is 18.1. The molecular formula is C28H23N3O2. The Bertz CT molecular complexity index is 1490. The topological polar surface area (TPSA) is 47.2 Å². The third-order valence-corrected chi connectivity index (χ3v) is 6.65. The highest BCUT2D eigenvalue weighted by Gasteiger charge is 2.32. The number of hydrogen-bond donors (Lipinski definition) is 0. The Hall–Kier alpha value is -4.12. The van der Waals surface area contributed by atoms with E-state index in [9.17, 15) is 9.59 Å². The van der Waals surface area contributed by atoms with Crippen molar-refractivity contribution in [1.29, 1.82) is 0 Å². The lowest BCUT2D eigenvalue weighted by Gasteiger charge is -2.37. The number of benzene rings is 3. The van der Waals surface area contributed by atoms with E-state index in [0.29, 0.717) is 17.3 Å². The summed E-state index contributed by atoms with van der Waals surface area (Å²) in [5.74, 6) is 0.0373. The summed E-state index contributed by atoms with van der Waals surface area (Å²) in [6.45, 7) is 1.57. The molecular weight excluding hydrogens is 410 g/mol. The van der Waals surface area contributed by atoms with Crippen molar-refractivity contribution in [2.45, 2.75) is 19.1 Å². The summed E-state index contributed by atoms with van der Waals surface area (Å²) in [6, 6.07) is 29.3. The number of amides is 1. The monoisotopic (exact) mass is 433 g/mol. The Kier molecular flexibility index (Phi) is 4.61. The number of carbonyl (C=O) groups is 1. The molecule has 1 amide bonds. The number of para-hydroxylation sites is 2. The average molecular weight is 434 g/mol. The van der Waals surface area contributed by atoms with E-state index in [0.717, 1.165) is 28.8 Å². The summed E-state index contributed by atoms with van der Waals surface area (Å²) in [4.78, 5) is 28.9. The van der Waals surface area contributed by atoms with E-state index in [2.05, 4.69) is 29.0 Å². The molecule has 2 aromatic heterocycles. The Morgan fingerprint density at radius 1 is 0.758 bits per heavy atom. The predicted molar refractivity (Wildman–Crippen MR) is 130 cm³/mol. The van der Waals surface area contributed by atoms with Crippen LogP contribution in [0, 0.1) is 0 Å². The molecule has 1 unspecified atom stereocenters. The first-order valence-electron chi connectivity index (χ1n) is 11.2. The molecule has 5 heteroatoms. The summed E-state index contributed by atoms with van der Waals surface area (Å²) in [5, 5.41) is 1.27. The van der Waals surface area contributed by atoms with E-state index in [1.165, 1.54) is 0 Å². The fourth-order valence-corrected chi connectivity index (χ4v) is 5.11. The first kappa shape index (κ1) is 19.6. The number of nitrogens with zero attached hydrogens (tertiary/aromatic N) is 3. The van der Waals surface area contributed by atoms with Gasteiger partial charge < -0.3 is 14.0 Å². The van der Waals surface area contributed by atoms with E-state index in [4.69, 9.17) is 0 Å². The van der Waals surface area contributed by atoms with E-state index in [1.807, 2.05) is 82.3 Å². The molecule has 6 rings (SSSR count). The minimum Gasteiger partial charge on any atom is -0.348 e. The van der Waals surface area contributed by atoms with E-state index < -0.39 is 0 Å². The van der Waals surface area contributed by atoms with Crippen molar-refractivity contribution in [3.63, 3.8) is 0 Å². The van der Waals surface area contributed by atoms with Crippen LogP contribution in [0.3, 0.4) is 0 Å². The fraction of sp³-hybridized carbons (Fsp3) is 0.143. The summed E-state index contributed by atoms with van der Waals surface area (Å²) >= 11 is 0. The molecule has 0 saturated heterocycles. The highest BCUT2D eigenvalue weighted by molar-refractivity contribution is 5.95. The summed E-state index contributed by atoms with van der Waals surface area (Å²) < 4.78 is 4.22. The van der Waals surface area contributed by atoms with Crippen molar-refractivity contribution in [3.05, 3.63) is 119 Å². The standard InChI is InChI=1S/C28H23N3O2/c32-26(30-18-17-29-16-8-15-25(29)27(30)20-9-2-1-3-10-20)19-31-23-13-6-4-11-21(23)28(33)22-12-5-7-14-24(22)31/h1-16,27H,17-19H2. The maximum Gasteiger partial charge on any atom is 0.243 e. The lowest BCUT2D eigenvalue weighted by molar-refractivity contribution is -0.134. The van der Waals surface area contributed by atoms with Crippen LogP contribution in [0.4, 0.5) is 0 Å². The highest BCUT2D eigenvalue weighted by atomic mass is 16.2. The van der Waals surface area contributed by atoms with Crippen LogP contribution in [0.2, 0.25) is 0 Å². The first-order valence-corrected chi connectivity index (χ1v) is 11.2. The van der Waals surface area contributed by atoms with Crippen LogP contribution in [0.25, 0.3) is 21.8 Å². The zero-order chi connectivity index (χ0) is 22.4. The molecule has 5 nitrogen and oxygen atoms in total. The molecule has 0 saturated carbocycles. The molecule has 3 heterocycles. The van der Waals surface area contributed by atoms with Gasteiger partial charge >= 0.3 is 0 Å². The third kappa shape index (κ3) is 3.16. The van der Waals surface area contributed by atoms with Gasteiger partial charge in [0.15, 0.2) is 5.43 Å². The second-order valence-corrected chi connectivity index (χ2v) is 8.48. The molecule has 1 aliphatic rings. The van der Waals surface area contributed by atoms with Crippen molar-refractivity contribution in [3.8, 4) is 0 Å². The Morgan fingerprint density at radius 3 is 2.09 bits per heavy atom. The number of carbonyl (C=O) groups excluding carboxylic acids is 1. The lowest BCUT2D eigenvalue weighted by atomic mass is 10.00. The van der Waals surface area contributed by atoms with Gasteiger partial charge in [0.1, 0.15) is 6.54 Å². The number of pyridine rings is 1. The molecule has 1 atom stereocenters. The highest BCUT2D eigenvalue weighted by Crippen LogP contribution is 2.33. The molecule has 0 radical (unpaired) electrons. The van der Waals surface area contributed by atoms with Gasteiger partial charge in [-0.1, -0.05) is 54.6 Å². The second kappa shape index (κ2) is 7.78. The van der Waals surface area contributed by atoms with E-state index in [-0.39, 0.29) is 23.9 Å². The van der Waals surface area contributed by atoms with E-state index in [1.54, 1.807) is 0 Å². The van der Waals surface area contributed by atoms with Crippen LogP contribution < -0.4 is 5.43 Å². The molecule has 1 aliphatic heterocycles. The van der Waals surface area contributed by atoms with Gasteiger partial charge in [0.05, 0.1) is 17.1 Å². The van der Waals surface area contributed by atoms with Gasteiger partial charge in [-0.2, -0.15) is 0 Å². The molecule has 3 aromatic carbocycles. The van der Waals surface area contributed by atoms with E-state index >= 15 is 0 Å². The molecule has 0 bridgehead atoms. The minimum absolute atomic E-state index is 0.00265. The number of fused-ring (bicyclic) bond motifs is 3. The lowest BCUT2D eigenvalue weighted by Crippen LogP contribution is -2.43. The second-order valence-electron chi connectivity index (χ2n) is 8.48. The van der Waals surface area contributed by atoms with Gasteiger partial charge in [-0.25, -0.2) is 0 Å². The third-order valence-electron chi connectivity index (χ3n) is 6.65. The Morgan fingerprint density at radius 2 is 1.39 bits per heavy atom. The molecule has 0 fully saturated rings. The maximum absolute atomic E-state index is 13.9. The normalized spacial score (nSPS) is 15.6. The van der Waals surface area contributed by atoms with Crippen molar-refractivity contribution in [1.82, 2.24) is 14.0 Å². The van der Waals surface area contributed by atoms with Crippen LogP contribution in [0.1, 0.15) is 17.3 Å². The van der Waals surface area contributed by atoms with Crippen molar-refractivity contribution >= 4 is 27.7 Å². The molecule has 0 aliphatic carbocycles. The molecule has 33 heavy (non-hydrogen) atoms. The van der Waals surface area contributed by atoms with Gasteiger partial charge in [0.25, 0.3) is 0 Å². The molecule has 162 valence electrons. The van der Waals surface area contributed by atoms with Crippen molar-refractivity contribution in [2.24, 2.45) is 0 Å². The Labute approximate surface area is 191 Å². The summed E-state index contributed by atoms with van der Waals surface area (Å²) in [6.07, 6.45) is 2.08. The van der Waals surface area contributed by atoms with Crippen LogP contribution in [-0.4, -0.2) is 26.5 Å². The van der Waals surface area contributed by atoms with Crippen LogP contribution in [-0.2, 0) is 17.9 Å². The quantitative estimate of drug-likeness (QED) is 0.391. The minimum atomic E-state index is -0.139. The maximum atomic E-state index is 13.9. The first-order chi connectivity index (χ1) is 16.2. The largest absolute Gasteiger partial charge is 0.348 e. The smallest absolute Gasteiger partial charge is 0.243 e. The van der Waals surface area contributed by atoms with Crippen LogP contribution >= 0.6 is 0 Å². The van der Waals surface area contributed by atoms with Gasteiger partial charge in [-0.3, -0.25) is 9.59 Å². The predicted octanol–water partition coefficient (Wildman–Crippen LogP) is 4.59.